The van der Waals surface area contributed by atoms with Crippen LogP contribution in [-0.2, 0) is 4.79 Å². The fourth-order valence-corrected chi connectivity index (χ4v) is 1.69. The second-order valence-corrected chi connectivity index (χ2v) is 3.51. The lowest BCUT2D eigenvalue weighted by Gasteiger charge is -2.10. The van der Waals surface area contributed by atoms with Gasteiger partial charge in [-0.05, 0) is 6.07 Å². The number of nitrogens with one attached hydrogen (secondary N) is 3. The largest absolute Gasteiger partial charge is 0.361 e. The summed E-state index contributed by atoms with van der Waals surface area (Å²) in [6.45, 7) is 0. The van der Waals surface area contributed by atoms with Crippen molar-refractivity contribution in [2.45, 2.75) is 6.04 Å². The quantitative estimate of drug-likeness (QED) is 0.563. The smallest absolute Gasteiger partial charge is 0.255 e. The zero-order chi connectivity index (χ0) is 11.5. The summed E-state index contributed by atoms with van der Waals surface area (Å²) >= 11 is 0. The number of para-hydroxylation sites is 1. The van der Waals surface area contributed by atoms with Crippen LogP contribution in [0.4, 0.5) is 0 Å². The minimum atomic E-state index is -0.677. The molecule has 16 heavy (non-hydrogen) atoms. The van der Waals surface area contributed by atoms with Crippen LogP contribution in [-0.4, -0.2) is 17.9 Å². The molecule has 1 amide bonds. The van der Waals surface area contributed by atoms with Crippen LogP contribution < -0.4 is 16.6 Å². The molecule has 0 aliphatic heterocycles. The molecule has 1 aromatic carbocycles. The van der Waals surface area contributed by atoms with Crippen molar-refractivity contribution in [3.05, 3.63) is 36.0 Å². The average molecular weight is 218 g/mol. The van der Waals surface area contributed by atoms with Crippen LogP contribution in [0.3, 0.4) is 0 Å². The zero-order valence-corrected chi connectivity index (χ0v) is 8.95. The SMILES string of the molecule is CNNC(=O)C(N)c1c[nH]c2ccccc12. The lowest BCUT2D eigenvalue weighted by Crippen LogP contribution is -2.40. The summed E-state index contributed by atoms with van der Waals surface area (Å²) in [7, 11) is 1.62. The molecule has 1 atom stereocenters. The van der Waals surface area contributed by atoms with Gasteiger partial charge in [-0.25, -0.2) is 5.43 Å². The molecule has 2 aromatic rings. The number of H-pyrrole nitrogens is 1. The third-order valence-electron chi connectivity index (χ3n) is 2.49. The van der Waals surface area contributed by atoms with Crippen molar-refractivity contribution in [1.82, 2.24) is 15.8 Å². The molecule has 0 saturated carbocycles. The standard InChI is InChI=1S/C11H14N4O/c1-13-15-11(16)10(12)8-6-14-9-5-3-2-4-7(8)9/h2-6,10,13-14H,12H2,1H3,(H,15,16). The van der Waals surface area contributed by atoms with Crippen molar-refractivity contribution >= 4 is 16.8 Å². The van der Waals surface area contributed by atoms with Crippen molar-refractivity contribution in [3.8, 4) is 0 Å². The van der Waals surface area contributed by atoms with Crippen LogP contribution in [0.2, 0.25) is 0 Å². The molecule has 84 valence electrons. The van der Waals surface area contributed by atoms with Crippen molar-refractivity contribution < 1.29 is 4.79 Å². The Morgan fingerprint density at radius 1 is 1.44 bits per heavy atom. The molecule has 0 saturated heterocycles. The Labute approximate surface area is 93.0 Å². The summed E-state index contributed by atoms with van der Waals surface area (Å²) in [5.41, 5.74) is 12.7. The number of amides is 1. The van der Waals surface area contributed by atoms with Gasteiger partial charge in [-0.1, -0.05) is 18.2 Å². The first kappa shape index (κ1) is 10.7. The Morgan fingerprint density at radius 3 is 2.94 bits per heavy atom. The van der Waals surface area contributed by atoms with Gasteiger partial charge in [0.05, 0.1) is 0 Å². The second-order valence-electron chi connectivity index (χ2n) is 3.51. The monoisotopic (exact) mass is 218 g/mol. The maximum atomic E-state index is 11.6. The van der Waals surface area contributed by atoms with Crippen LogP contribution in [0.5, 0.6) is 0 Å². The van der Waals surface area contributed by atoms with Gasteiger partial charge < -0.3 is 10.7 Å². The van der Waals surface area contributed by atoms with Gasteiger partial charge in [0.15, 0.2) is 0 Å². The van der Waals surface area contributed by atoms with E-state index in [1.807, 2.05) is 24.3 Å². The second kappa shape index (κ2) is 4.34. The van der Waals surface area contributed by atoms with Gasteiger partial charge in [-0.15, -0.1) is 0 Å². The van der Waals surface area contributed by atoms with Crippen molar-refractivity contribution in [2.75, 3.05) is 7.05 Å². The molecular formula is C11H14N4O. The van der Waals surface area contributed by atoms with E-state index in [0.29, 0.717) is 0 Å². The predicted molar refractivity (Wildman–Crippen MR) is 62.4 cm³/mol. The maximum absolute atomic E-state index is 11.6. The van der Waals surface area contributed by atoms with Crippen LogP contribution in [0.15, 0.2) is 30.5 Å². The van der Waals surface area contributed by atoms with Gasteiger partial charge in [0, 0.05) is 29.7 Å². The minimum Gasteiger partial charge on any atom is -0.361 e. The summed E-state index contributed by atoms with van der Waals surface area (Å²) in [4.78, 5) is 14.7. The van der Waals surface area contributed by atoms with E-state index in [1.165, 1.54) is 0 Å². The number of aromatic nitrogens is 1. The van der Waals surface area contributed by atoms with Crippen LogP contribution in [0, 0.1) is 0 Å². The van der Waals surface area contributed by atoms with E-state index in [2.05, 4.69) is 15.8 Å². The first-order chi connectivity index (χ1) is 7.74. The highest BCUT2D eigenvalue weighted by Gasteiger charge is 2.18. The van der Waals surface area contributed by atoms with E-state index < -0.39 is 6.04 Å². The lowest BCUT2D eigenvalue weighted by molar-refractivity contribution is -0.123. The van der Waals surface area contributed by atoms with Crippen molar-refractivity contribution in [2.24, 2.45) is 5.73 Å². The number of hydrogen-bond acceptors (Lipinski definition) is 3. The highest BCUT2D eigenvalue weighted by Crippen LogP contribution is 2.22. The highest BCUT2D eigenvalue weighted by atomic mass is 16.2. The lowest BCUT2D eigenvalue weighted by atomic mass is 10.1. The summed E-state index contributed by atoms with van der Waals surface area (Å²) in [6, 6.07) is 7.06. The Balaban J connectivity index is 2.36. The Bertz CT molecular complexity index is 505. The molecule has 5 heteroatoms. The van der Waals surface area contributed by atoms with E-state index in [9.17, 15) is 4.79 Å². The first-order valence-corrected chi connectivity index (χ1v) is 5.02. The number of carbonyl (C=O) groups is 1. The summed E-state index contributed by atoms with van der Waals surface area (Å²) in [5.74, 6) is -0.257. The molecule has 0 aliphatic carbocycles. The summed E-state index contributed by atoms with van der Waals surface area (Å²) < 4.78 is 0. The fraction of sp³-hybridized carbons (Fsp3) is 0.182. The molecule has 1 unspecified atom stereocenters. The number of hydrogen-bond donors (Lipinski definition) is 4. The molecule has 5 N–H and O–H groups in total. The predicted octanol–water partition coefficient (Wildman–Crippen LogP) is 0.418. The number of hydrazine groups is 1. The molecule has 5 nitrogen and oxygen atoms in total. The number of aromatic amines is 1. The molecule has 2 rings (SSSR count). The van der Waals surface area contributed by atoms with Gasteiger partial charge in [-0.3, -0.25) is 10.2 Å². The fourth-order valence-electron chi connectivity index (χ4n) is 1.69. The number of benzene rings is 1. The van der Waals surface area contributed by atoms with Gasteiger partial charge in [-0.2, -0.15) is 0 Å². The Morgan fingerprint density at radius 2 is 2.19 bits per heavy atom. The molecule has 1 aromatic heterocycles. The first-order valence-electron chi connectivity index (χ1n) is 5.02. The highest BCUT2D eigenvalue weighted by molar-refractivity contribution is 5.91. The number of nitrogens with two attached hydrogens (primary N) is 1. The number of rotatable bonds is 3. The molecule has 0 fully saturated rings. The Kier molecular flexibility index (Phi) is 2.89. The van der Waals surface area contributed by atoms with Crippen molar-refractivity contribution in [3.63, 3.8) is 0 Å². The van der Waals surface area contributed by atoms with Crippen molar-refractivity contribution in [1.29, 1.82) is 0 Å². The Hall–Kier alpha value is -1.85. The molecule has 0 radical (unpaired) electrons. The third kappa shape index (κ3) is 1.78. The molecule has 0 bridgehead atoms. The zero-order valence-electron chi connectivity index (χ0n) is 8.95. The molecule has 0 aliphatic rings. The van der Waals surface area contributed by atoms with Gasteiger partial charge >= 0.3 is 0 Å². The van der Waals surface area contributed by atoms with E-state index in [1.54, 1.807) is 13.2 Å². The van der Waals surface area contributed by atoms with Crippen LogP contribution in [0.25, 0.3) is 10.9 Å². The van der Waals surface area contributed by atoms with Crippen LogP contribution in [0.1, 0.15) is 11.6 Å². The minimum absolute atomic E-state index is 0.257. The van der Waals surface area contributed by atoms with E-state index in [4.69, 9.17) is 5.73 Å². The number of fused-ring (bicyclic) bond motifs is 1. The maximum Gasteiger partial charge on any atom is 0.255 e. The van der Waals surface area contributed by atoms with E-state index in [0.717, 1.165) is 16.5 Å². The average Bonchev–Trinajstić information content (AvgIpc) is 2.72. The normalized spacial score (nSPS) is 12.6. The summed E-state index contributed by atoms with van der Waals surface area (Å²) in [6.07, 6.45) is 1.77. The van der Waals surface area contributed by atoms with Gasteiger partial charge in [0.2, 0.25) is 0 Å². The van der Waals surface area contributed by atoms with Gasteiger partial charge in [0.1, 0.15) is 6.04 Å². The van der Waals surface area contributed by atoms with E-state index in [-0.39, 0.29) is 5.91 Å². The van der Waals surface area contributed by atoms with Crippen LogP contribution >= 0.6 is 0 Å². The molecule has 0 spiro atoms. The topological polar surface area (TPSA) is 82.9 Å². The molecule has 1 heterocycles. The van der Waals surface area contributed by atoms with Gasteiger partial charge in [0.25, 0.3) is 5.91 Å². The molecular weight excluding hydrogens is 204 g/mol. The summed E-state index contributed by atoms with van der Waals surface area (Å²) in [5, 5.41) is 0.973. The van der Waals surface area contributed by atoms with E-state index >= 15 is 0 Å². The third-order valence-corrected chi connectivity index (χ3v) is 2.49. The number of carbonyl (C=O) groups excluding carboxylic acids is 1.